The summed E-state index contributed by atoms with van der Waals surface area (Å²) in [5.74, 6) is 0.738. The van der Waals surface area contributed by atoms with Gasteiger partial charge in [0.2, 0.25) is 0 Å². The van der Waals surface area contributed by atoms with Gasteiger partial charge in [0.05, 0.1) is 4.92 Å². The third kappa shape index (κ3) is 3.93. The van der Waals surface area contributed by atoms with E-state index in [1.807, 2.05) is 31.2 Å². The summed E-state index contributed by atoms with van der Waals surface area (Å²) in [4.78, 5) is 10.4. The number of nitro groups is 1. The highest BCUT2D eigenvalue weighted by Gasteiger charge is 2.08. The molecule has 6 nitrogen and oxygen atoms in total. The lowest BCUT2D eigenvalue weighted by molar-refractivity contribution is -0.384. The molecule has 0 fully saturated rings. The van der Waals surface area contributed by atoms with Gasteiger partial charge in [0.15, 0.2) is 0 Å². The molecule has 0 atom stereocenters. The summed E-state index contributed by atoms with van der Waals surface area (Å²) in [6, 6.07) is 12.1. The van der Waals surface area contributed by atoms with Crippen LogP contribution in [-0.2, 0) is 0 Å². The normalized spacial score (nSPS) is 10.2. The van der Waals surface area contributed by atoms with Gasteiger partial charge in [-0.15, -0.1) is 0 Å². The van der Waals surface area contributed by atoms with Crippen LogP contribution < -0.4 is 15.8 Å². The van der Waals surface area contributed by atoms with Crippen LogP contribution >= 0.6 is 0 Å². The Morgan fingerprint density at radius 3 is 2.57 bits per heavy atom. The maximum atomic E-state index is 10.8. The van der Waals surface area contributed by atoms with Crippen LogP contribution in [0.2, 0.25) is 0 Å². The zero-order valence-electron chi connectivity index (χ0n) is 11.7. The molecule has 2 aromatic carbocycles. The molecular weight excluding hydrogens is 270 g/mol. The van der Waals surface area contributed by atoms with E-state index in [2.05, 4.69) is 5.32 Å². The summed E-state index contributed by atoms with van der Waals surface area (Å²) >= 11 is 0. The first-order valence-corrected chi connectivity index (χ1v) is 6.55. The molecule has 0 aliphatic rings. The Morgan fingerprint density at radius 1 is 1.24 bits per heavy atom. The molecule has 21 heavy (non-hydrogen) atoms. The predicted molar refractivity (Wildman–Crippen MR) is 82.1 cm³/mol. The van der Waals surface area contributed by atoms with Gasteiger partial charge in [-0.2, -0.15) is 0 Å². The van der Waals surface area contributed by atoms with Gasteiger partial charge in [0.1, 0.15) is 12.4 Å². The van der Waals surface area contributed by atoms with Crippen LogP contribution in [0.1, 0.15) is 5.56 Å². The molecule has 0 saturated heterocycles. The van der Waals surface area contributed by atoms with Crippen molar-refractivity contribution in [1.29, 1.82) is 0 Å². The zero-order valence-corrected chi connectivity index (χ0v) is 11.7. The van der Waals surface area contributed by atoms with Gasteiger partial charge in [0.25, 0.3) is 5.69 Å². The minimum absolute atomic E-state index is 0.0611. The van der Waals surface area contributed by atoms with E-state index >= 15 is 0 Å². The third-order valence-corrected chi connectivity index (χ3v) is 2.95. The first-order valence-electron chi connectivity index (χ1n) is 6.55. The second kappa shape index (κ2) is 6.71. The Kier molecular flexibility index (Phi) is 4.73. The fraction of sp³-hybridized carbons (Fsp3) is 0.200. The second-order valence-corrected chi connectivity index (χ2v) is 4.54. The van der Waals surface area contributed by atoms with Crippen molar-refractivity contribution in [3.8, 4) is 5.75 Å². The summed E-state index contributed by atoms with van der Waals surface area (Å²) in [5, 5.41) is 14.0. The van der Waals surface area contributed by atoms with Crippen molar-refractivity contribution in [2.45, 2.75) is 6.92 Å². The summed E-state index contributed by atoms with van der Waals surface area (Å²) in [5.41, 5.74) is 7.91. The molecule has 0 aliphatic carbocycles. The summed E-state index contributed by atoms with van der Waals surface area (Å²) in [7, 11) is 0. The minimum atomic E-state index is -0.408. The lowest BCUT2D eigenvalue weighted by Gasteiger charge is -2.10. The molecule has 6 heteroatoms. The molecule has 0 unspecified atom stereocenters. The maximum absolute atomic E-state index is 10.8. The number of ether oxygens (including phenoxy) is 1. The van der Waals surface area contributed by atoms with Gasteiger partial charge in [-0.3, -0.25) is 10.1 Å². The molecule has 0 amide bonds. The van der Waals surface area contributed by atoms with Crippen LogP contribution in [0.25, 0.3) is 0 Å². The minimum Gasteiger partial charge on any atom is -0.492 e. The number of nitrogens with one attached hydrogen (secondary N) is 1. The van der Waals surface area contributed by atoms with Crippen molar-refractivity contribution < 1.29 is 9.66 Å². The number of aryl methyl sites for hydroxylation is 1. The molecule has 0 aromatic heterocycles. The molecule has 0 aliphatic heterocycles. The van der Waals surface area contributed by atoms with Crippen molar-refractivity contribution in [3.05, 3.63) is 58.1 Å². The standard InChI is InChI=1S/C15H17N3O3/c1-11-2-5-13(18(19)20)10-15(11)17-12-3-6-14(7-4-12)21-9-8-16/h2-7,10,17H,8-9,16H2,1H3. The lowest BCUT2D eigenvalue weighted by Crippen LogP contribution is -2.10. The highest BCUT2D eigenvalue weighted by molar-refractivity contribution is 5.66. The van der Waals surface area contributed by atoms with E-state index in [0.29, 0.717) is 18.8 Å². The van der Waals surface area contributed by atoms with Crippen LogP contribution in [0.5, 0.6) is 5.75 Å². The molecule has 0 heterocycles. The van der Waals surface area contributed by atoms with Gasteiger partial charge >= 0.3 is 0 Å². The average Bonchev–Trinajstić information content (AvgIpc) is 2.48. The van der Waals surface area contributed by atoms with Crippen LogP contribution in [0, 0.1) is 17.0 Å². The number of non-ortho nitro benzene ring substituents is 1. The summed E-state index contributed by atoms with van der Waals surface area (Å²) < 4.78 is 5.39. The number of hydrogen-bond acceptors (Lipinski definition) is 5. The van der Waals surface area contributed by atoms with Crippen molar-refractivity contribution >= 4 is 17.1 Å². The maximum Gasteiger partial charge on any atom is 0.271 e. The van der Waals surface area contributed by atoms with E-state index in [4.69, 9.17) is 10.5 Å². The number of rotatable bonds is 6. The van der Waals surface area contributed by atoms with E-state index in [0.717, 1.165) is 17.0 Å². The Balaban J connectivity index is 2.14. The molecule has 2 aromatic rings. The predicted octanol–water partition coefficient (Wildman–Crippen LogP) is 2.98. The fourth-order valence-electron chi connectivity index (χ4n) is 1.82. The van der Waals surface area contributed by atoms with Crippen molar-refractivity contribution in [2.24, 2.45) is 5.73 Å². The van der Waals surface area contributed by atoms with Crippen LogP contribution in [-0.4, -0.2) is 18.1 Å². The smallest absolute Gasteiger partial charge is 0.271 e. The van der Waals surface area contributed by atoms with Crippen molar-refractivity contribution in [3.63, 3.8) is 0 Å². The first kappa shape index (κ1) is 14.8. The van der Waals surface area contributed by atoms with Gasteiger partial charge < -0.3 is 15.8 Å². The average molecular weight is 287 g/mol. The molecule has 3 N–H and O–H groups in total. The highest BCUT2D eigenvalue weighted by Crippen LogP contribution is 2.26. The fourth-order valence-corrected chi connectivity index (χ4v) is 1.82. The number of hydrogen-bond donors (Lipinski definition) is 2. The monoisotopic (exact) mass is 287 g/mol. The lowest BCUT2D eigenvalue weighted by atomic mass is 10.1. The second-order valence-electron chi connectivity index (χ2n) is 4.54. The molecule has 0 saturated carbocycles. The zero-order chi connectivity index (χ0) is 15.2. The van der Waals surface area contributed by atoms with Crippen LogP contribution in [0.4, 0.5) is 17.1 Å². The Labute approximate surface area is 122 Å². The van der Waals surface area contributed by atoms with Crippen molar-refractivity contribution in [2.75, 3.05) is 18.5 Å². The summed E-state index contributed by atoms with van der Waals surface area (Å²) in [6.45, 7) is 2.83. The van der Waals surface area contributed by atoms with Crippen LogP contribution in [0.3, 0.4) is 0 Å². The molecule has 110 valence electrons. The largest absolute Gasteiger partial charge is 0.492 e. The number of nitrogens with two attached hydrogens (primary N) is 1. The molecule has 0 radical (unpaired) electrons. The topological polar surface area (TPSA) is 90.4 Å². The Bertz CT molecular complexity index is 627. The molecule has 2 rings (SSSR count). The number of anilines is 2. The van der Waals surface area contributed by atoms with Crippen LogP contribution in [0.15, 0.2) is 42.5 Å². The number of benzene rings is 2. The Morgan fingerprint density at radius 2 is 1.95 bits per heavy atom. The quantitative estimate of drug-likeness (QED) is 0.629. The third-order valence-electron chi connectivity index (χ3n) is 2.95. The van der Waals surface area contributed by atoms with E-state index in [1.54, 1.807) is 6.07 Å². The van der Waals surface area contributed by atoms with Gasteiger partial charge in [-0.05, 0) is 36.8 Å². The van der Waals surface area contributed by atoms with Crippen molar-refractivity contribution in [1.82, 2.24) is 0 Å². The van der Waals surface area contributed by atoms with E-state index in [1.165, 1.54) is 12.1 Å². The van der Waals surface area contributed by atoms with E-state index < -0.39 is 4.92 Å². The van der Waals surface area contributed by atoms with E-state index in [-0.39, 0.29) is 5.69 Å². The highest BCUT2D eigenvalue weighted by atomic mass is 16.6. The SMILES string of the molecule is Cc1ccc([N+](=O)[O-])cc1Nc1ccc(OCCN)cc1. The molecule has 0 spiro atoms. The van der Waals surface area contributed by atoms with Gasteiger partial charge in [0, 0.05) is 30.1 Å². The molecular formula is C15H17N3O3. The van der Waals surface area contributed by atoms with Gasteiger partial charge in [-0.1, -0.05) is 6.07 Å². The first-order chi connectivity index (χ1) is 10.1. The number of nitro benzene ring substituents is 1. The Hall–Kier alpha value is -2.60. The van der Waals surface area contributed by atoms with Gasteiger partial charge in [-0.25, -0.2) is 0 Å². The molecule has 0 bridgehead atoms. The number of nitrogens with zero attached hydrogens (tertiary/aromatic N) is 1. The summed E-state index contributed by atoms with van der Waals surface area (Å²) in [6.07, 6.45) is 0. The van der Waals surface area contributed by atoms with E-state index in [9.17, 15) is 10.1 Å².